The van der Waals surface area contributed by atoms with E-state index in [0.717, 1.165) is 16.6 Å². The molecule has 18 heavy (non-hydrogen) atoms. The van der Waals surface area contributed by atoms with Gasteiger partial charge in [-0.15, -0.1) is 11.3 Å². The quantitative estimate of drug-likeness (QED) is 0.888. The zero-order valence-electron chi connectivity index (χ0n) is 9.65. The van der Waals surface area contributed by atoms with Crippen molar-refractivity contribution in [2.75, 3.05) is 0 Å². The van der Waals surface area contributed by atoms with Gasteiger partial charge in [0.2, 0.25) is 5.91 Å². The molecule has 3 N–H and O–H groups in total. The van der Waals surface area contributed by atoms with Gasteiger partial charge in [0.25, 0.3) is 0 Å². The summed E-state index contributed by atoms with van der Waals surface area (Å²) in [6.45, 7) is 1.41. The van der Waals surface area contributed by atoms with Crippen molar-refractivity contribution in [2.45, 2.75) is 13.1 Å². The van der Waals surface area contributed by atoms with Crippen molar-refractivity contribution in [3.63, 3.8) is 0 Å². The van der Waals surface area contributed by atoms with Crippen LogP contribution in [-0.2, 0) is 13.1 Å². The van der Waals surface area contributed by atoms with E-state index in [1.54, 1.807) is 17.4 Å². The summed E-state index contributed by atoms with van der Waals surface area (Å²) >= 11 is 5.12. The van der Waals surface area contributed by atoms with Gasteiger partial charge in [-0.2, -0.15) is 0 Å². The predicted octanol–water partition coefficient (Wildman–Crippen LogP) is 2.90. The van der Waals surface area contributed by atoms with Crippen molar-refractivity contribution in [3.05, 3.63) is 56.2 Å². The monoisotopic (exact) mass is 324 g/mol. The van der Waals surface area contributed by atoms with Crippen LogP contribution in [0.4, 0.5) is 0 Å². The molecule has 0 aliphatic heterocycles. The first kappa shape index (κ1) is 13.3. The lowest BCUT2D eigenvalue weighted by atomic mass is 10.1. The smallest absolute Gasteiger partial charge is 0.249 e. The van der Waals surface area contributed by atoms with Gasteiger partial charge in [-0.1, -0.05) is 18.2 Å². The zero-order valence-corrected chi connectivity index (χ0v) is 12.1. The van der Waals surface area contributed by atoms with Crippen molar-refractivity contribution < 1.29 is 4.79 Å². The van der Waals surface area contributed by atoms with E-state index in [1.165, 1.54) is 4.88 Å². The summed E-state index contributed by atoms with van der Waals surface area (Å²) < 4.78 is 1.10. The SMILES string of the molecule is NC(=O)c1ccccc1CNCc1cc(Br)cs1. The molecule has 0 saturated heterocycles. The van der Waals surface area contributed by atoms with E-state index in [0.29, 0.717) is 12.1 Å². The minimum Gasteiger partial charge on any atom is -0.366 e. The molecule has 0 aliphatic rings. The normalized spacial score (nSPS) is 10.5. The molecule has 0 aliphatic carbocycles. The Kier molecular flexibility index (Phi) is 4.52. The van der Waals surface area contributed by atoms with E-state index in [9.17, 15) is 4.79 Å². The van der Waals surface area contributed by atoms with Crippen molar-refractivity contribution >= 4 is 33.2 Å². The summed E-state index contributed by atoms with van der Waals surface area (Å²) in [6, 6.07) is 9.47. The lowest BCUT2D eigenvalue weighted by Gasteiger charge is -2.07. The molecule has 0 spiro atoms. The lowest BCUT2D eigenvalue weighted by molar-refractivity contribution is 0.0999. The fraction of sp³-hybridized carbons (Fsp3) is 0.154. The first-order valence-corrected chi connectivity index (χ1v) is 7.15. The number of amides is 1. The van der Waals surface area contributed by atoms with Crippen LogP contribution in [-0.4, -0.2) is 5.91 Å². The molecule has 3 nitrogen and oxygen atoms in total. The van der Waals surface area contributed by atoms with E-state index < -0.39 is 0 Å². The number of nitrogens with one attached hydrogen (secondary N) is 1. The molecule has 94 valence electrons. The zero-order chi connectivity index (χ0) is 13.0. The van der Waals surface area contributed by atoms with Crippen LogP contribution < -0.4 is 11.1 Å². The Morgan fingerprint density at radius 2 is 2.11 bits per heavy atom. The molecule has 0 bridgehead atoms. The third-order valence-corrected chi connectivity index (χ3v) is 4.22. The summed E-state index contributed by atoms with van der Waals surface area (Å²) in [5, 5.41) is 5.36. The number of hydrogen-bond acceptors (Lipinski definition) is 3. The molecule has 0 radical (unpaired) electrons. The fourth-order valence-corrected chi connectivity index (χ4v) is 3.10. The molecule has 2 aromatic rings. The summed E-state index contributed by atoms with van der Waals surface area (Å²) in [5.41, 5.74) is 6.84. The first-order valence-electron chi connectivity index (χ1n) is 5.48. The average molecular weight is 325 g/mol. The Labute approximate surface area is 118 Å². The molecule has 2 rings (SSSR count). The highest BCUT2D eigenvalue weighted by Gasteiger charge is 2.06. The van der Waals surface area contributed by atoms with E-state index in [-0.39, 0.29) is 5.91 Å². The highest BCUT2D eigenvalue weighted by Crippen LogP contribution is 2.19. The minimum absolute atomic E-state index is 0.383. The molecule has 1 amide bonds. The van der Waals surface area contributed by atoms with Crippen molar-refractivity contribution in [1.82, 2.24) is 5.32 Å². The standard InChI is InChI=1S/C13H13BrN2OS/c14-10-5-11(18-8-10)7-16-6-9-3-1-2-4-12(9)13(15)17/h1-5,8,16H,6-7H2,(H2,15,17). The number of primary amides is 1. The maximum absolute atomic E-state index is 11.2. The van der Waals surface area contributed by atoms with E-state index in [4.69, 9.17) is 5.73 Å². The van der Waals surface area contributed by atoms with Crippen LogP contribution in [0, 0.1) is 0 Å². The highest BCUT2D eigenvalue weighted by atomic mass is 79.9. The van der Waals surface area contributed by atoms with Gasteiger partial charge in [-0.25, -0.2) is 0 Å². The van der Waals surface area contributed by atoms with Crippen LogP contribution in [0.15, 0.2) is 40.2 Å². The number of nitrogens with two attached hydrogens (primary N) is 1. The summed E-state index contributed by atoms with van der Waals surface area (Å²) in [4.78, 5) is 12.5. The molecular formula is C13H13BrN2OS. The maximum Gasteiger partial charge on any atom is 0.249 e. The Bertz CT molecular complexity index is 553. The molecule has 5 heteroatoms. The second-order valence-corrected chi connectivity index (χ2v) is 5.77. The highest BCUT2D eigenvalue weighted by molar-refractivity contribution is 9.10. The molecule has 1 aromatic carbocycles. The summed E-state index contributed by atoms with van der Waals surface area (Å²) in [5.74, 6) is -0.383. The number of carbonyl (C=O) groups is 1. The van der Waals surface area contributed by atoms with E-state index >= 15 is 0 Å². The van der Waals surface area contributed by atoms with Gasteiger partial charge < -0.3 is 11.1 Å². The third kappa shape index (κ3) is 3.41. The van der Waals surface area contributed by atoms with Gasteiger partial charge in [0.1, 0.15) is 0 Å². The van der Waals surface area contributed by atoms with Gasteiger partial charge in [0, 0.05) is 33.4 Å². The number of hydrogen-bond donors (Lipinski definition) is 2. The summed E-state index contributed by atoms with van der Waals surface area (Å²) in [7, 11) is 0. The van der Waals surface area contributed by atoms with Crippen LogP contribution >= 0.6 is 27.3 Å². The number of rotatable bonds is 5. The van der Waals surface area contributed by atoms with Crippen LogP contribution in [0.2, 0.25) is 0 Å². The van der Waals surface area contributed by atoms with Gasteiger partial charge in [0.05, 0.1) is 0 Å². The number of thiophene rings is 1. The van der Waals surface area contributed by atoms with E-state index in [2.05, 4.69) is 27.3 Å². The van der Waals surface area contributed by atoms with Crippen LogP contribution in [0.25, 0.3) is 0 Å². The largest absolute Gasteiger partial charge is 0.366 e. The molecule has 0 saturated carbocycles. The topological polar surface area (TPSA) is 55.1 Å². The van der Waals surface area contributed by atoms with Gasteiger partial charge in [-0.3, -0.25) is 4.79 Å². The van der Waals surface area contributed by atoms with Crippen molar-refractivity contribution in [3.8, 4) is 0 Å². The lowest BCUT2D eigenvalue weighted by Crippen LogP contribution is -2.18. The summed E-state index contributed by atoms with van der Waals surface area (Å²) in [6.07, 6.45) is 0. The Morgan fingerprint density at radius 3 is 2.78 bits per heavy atom. The molecular weight excluding hydrogens is 312 g/mol. The maximum atomic E-state index is 11.2. The second kappa shape index (κ2) is 6.13. The Balaban J connectivity index is 1.96. The number of benzene rings is 1. The van der Waals surface area contributed by atoms with Gasteiger partial charge in [0.15, 0.2) is 0 Å². The molecule has 0 unspecified atom stereocenters. The first-order chi connectivity index (χ1) is 8.66. The number of halogens is 1. The molecule has 0 atom stereocenters. The third-order valence-electron chi connectivity index (χ3n) is 2.52. The van der Waals surface area contributed by atoms with Crippen LogP contribution in [0.1, 0.15) is 20.8 Å². The molecule has 1 heterocycles. The fourth-order valence-electron chi connectivity index (χ4n) is 1.68. The Hall–Kier alpha value is -1.17. The van der Waals surface area contributed by atoms with Crippen LogP contribution in [0.5, 0.6) is 0 Å². The Morgan fingerprint density at radius 1 is 1.33 bits per heavy atom. The van der Waals surface area contributed by atoms with Crippen LogP contribution in [0.3, 0.4) is 0 Å². The second-order valence-electron chi connectivity index (χ2n) is 3.86. The van der Waals surface area contributed by atoms with Crippen molar-refractivity contribution in [1.29, 1.82) is 0 Å². The van der Waals surface area contributed by atoms with E-state index in [1.807, 2.05) is 23.6 Å². The number of carbonyl (C=O) groups excluding carboxylic acids is 1. The van der Waals surface area contributed by atoms with Crippen molar-refractivity contribution in [2.24, 2.45) is 5.73 Å². The van der Waals surface area contributed by atoms with Gasteiger partial charge in [-0.05, 0) is 33.6 Å². The molecule has 1 aromatic heterocycles. The molecule has 0 fully saturated rings. The minimum atomic E-state index is -0.383. The predicted molar refractivity (Wildman–Crippen MR) is 77.5 cm³/mol. The average Bonchev–Trinajstić information content (AvgIpc) is 2.75. The van der Waals surface area contributed by atoms with Gasteiger partial charge >= 0.3 is 0 Å².